The lowest BCUT2D eigenvalue weighted by Crippen LogP contribution is -1.85. The summed E-state index contributed by atoms with van der Waals surface area (Å²) in [5.74, 6) is 2.68. The maximum absolute atomic E-state index is 5.81. The molecule has 0 amide bonds. The van der Waals surface area contributed by atoms with E-state index in [1.165, 1.54) is 10.5 Å². The van der Waals surface area contributed by atoms with Crippen molar-refractivity contribution in [2.24, 2.45) is 0 Å². The summed E-state index contributed by atoms with van der Waals surface area (Å²) in [6.07, 6.45) is 2.96. The van der Waals surface area contributed by atoms with E-state index in [9.17, 15) is 0 Å². The molecule has 0 saturated heterocycles. The number of ether oxygens (including phenoxy) is 1. The first-order valence-corrected chi connectivity index (χ1v) is 7.41. The van der Waals surface area contributed by atoms with Crippen molar-refractivity contribution in [2.45, 2.75) is 18.2 Å². The first kappa shape index (κ1) is 13.8. The quantitative estimate of drug-likeness (QED) is 0.519. The van der Waals surface area contributed by atoms with Gasteiger partial charge in [-0.1, -0.05) is 25.1 Å². The molecule has 0 bridgehead atoms. The second kappa shape index (κ2) is 7.05. The Balaban J connectivity index is 1.99. The molecular formula is C17H18OS. The number of aryl methyl sites for hydroxylation is 1. The first-order valence-electron chi connectivity index (χ1n) is 6.42. The maximum Gasteiger partial charge on any atom is 0.127 e. The van der Waals surface area contributed by atoms with E-state index in [-0.39, 0.29) is 0 Å². The van der Waals surface area contributed by atoms with Crippen LogP contribution < -0.4 is 4.74 Å². The molecule has 0 aromatic heterocycles. The molecule has 0 aliphatic carbocycles. The molecule has 0 radical (unpaired) electrons. The van der Waals surface area contributed by atoms with Crippen LogP contribution in [-0.4, -0.2) is 5.75 Å². The van der Waals surface area contributed by atoms with Gasteiger partial charge in [-0.05, 0) is 48.4 Å². The van der Waals surface area contributed by atoms with Gasteiger partial charge in [0.25, 0.3) is 0 Å². The molecule has 0 unspecified atom stereocenters. The fourth-order valence-electron chi connectivity index (χ4n) is 1.69. The van der Waals surface area contributed by atoms with Crippen LogP contribution in [-0.2, 0) is 6.42 Å². The number of hydrogen-bond donors (Lipinski definition) is 0. The van der Waals surface area contributed by atoms with Crippen LogP contribution >= 0.6 is 11.8 Å². The Kier molecular flexibility index (Phi) is 5.10. The standard InChI is InChI=1S/C17H18OS/c1-3-13-19-17-11-9-16(10-12-17)18-15-7-5-14(4-2)6-8-15/h3,5-12H,1,4,13H2,2H3. The maximum atomic E-state index is 5.81. The van der Waals surface area contributed by atoms with Gasteiger partial charge in [0.2, 0.25) is 0 Å². The van der Waals surface area contributed by atoms with Crippen molar-refractivity contribution in [2.75, 3.05) is 5.75 Å². The number of hydrogen-bond acceptors (Lipinski definition) is 2. The Morgan fingerprint density at radius 2 is 1.58 bits per heavy atom. The molecule has 0 N–H and O–H groups in total. The fraction of sp³-hybridized carbons (Fsp3) is 0.176. The third kappa shape index (κ3) is 4.18. The Labute approximate surface area is 119 Å². The van der Waals surface area contributed by atoms with Gasteiger partial charge in [-0.25, -0.2) is 0 Å². The third-order valence-electron chi connectivity index (χ3n) is 2.76. The zero-order chi connectivity index (χ0) is 13.5. The minimum atomic E-state index is 0.868. The molecule has 0 atom stereocenters. The average molecular weight is 270 g/mol. The van der Waals surface area contributed by atoms with E-state index < -0.39 is 0 Å². The second-order valence-electron chi connectivity index (χ2n) is 4.17. The molecule has 0 spiro atoms. The van der Waals surface area contributed by atoms with Gasteiger partial charge in [-0.2, -0.15) is 0 Å². The summed E-state index contributed by atoms with van der Waals surface area (Å²) in [5.41, 5.74) is 1.32. The molecule has 2 aromatic carbocycles. The third-order valence-corrected chi connectivity index (χ3v) is 3.77. The summed E-state index contributed by atoms with van der Waals surface area (Å²) in [7, 11) is 0. The Bertz CT molecular complexity index is 514. The molecule has 0 aliphatic rings. The monoisotopic (exact) mass is 270 g/mol. The van der Waals surface area contributed by atoms with E-state index in [1.54, 1.807) is 11.8 Å². The molecule has 19 heavy (non-hydrogen) atoms. The summed E-state index contributed by atoms with van der Waals surface area (Å²) in [6.45, 7) is 5.87. The minimum absolute atomic E-state index is 0.868. The van der Waals surface area contributed by atoms with Crippen LogP contribution in [0.25, 0.3) is 0 Å². The minimum Gasteiger partial charge on any atom is -0.457 e. The fourth-order valence-corrected chi connectivity index (χ4v) is 2.33. The molecular weight excluding hydrogens is 252 g/mol. The molecule has 0 heterocycles. The van der Waals surface area contributed by atoms with Crippen molar-refractivity contribution in [3.05, 3.63) is 66.7 Å². The van der Waals surface area contributed by atoms with Crippen LogP contribution in [0.5, 0.6) is 11.5 Å². The molecule has 0 saturated carbocycles. The molecule has 0 aliphatic heterocycles. The molecule has 2 heteroatoms. The van der Waals surface area contributed by atoms with E-state index in [4.69, 9.17) is 4.74 Å². The lowest BCUT2D eigenvalue weighted by atomic mass is 10.2. The summed E-state index contributed by atoms with van der Waals surface area (Å²) >= 11 is 1.77. The van der Waals surface area contributed by atoms with Gasteiger partial charge in [-0.15, -0.1) is 18.3 Å². The largest absolute Gasteiger partial charge is 0.457 e. The Morgan fingerprint density at radius 1 is 1.00 bits per heavy atom. The first-order chi connectivity index (χ1) is 9.31. The molecule has 2 aromatic rings. The van der Waals surface area contributed by atoms with Crippen molar-refractivity contribution in [3.8, 4) is 11.5 Å². The van der Waals surface area contributed by atoms with Crippen LogP contribution in [0, 0.1) is 0 Å². The van der Waals surface area contributed by atoms with Crippen LogP contribution in [0.4, 0.5) is 0 Å². The highest BCUT2D eigenvalue weighted by atomic mass is 32.2. The van der Waals surface area contributed by atoms with Crippen molar-refractivity contribution < 1.29 is 4.74 Å². The molecule has 2 rings (SSSR count). The average Bonchev–Trinajstić information content (AvgIpc) is 2.47. The van der Waals surface area contributed by atoms with E-state index in [0.29, 0.717) is 0 Å². The van der Waals surface area contributed by atoms with Crippen LogP contribution in [0.1, 0.15) is 12.5 Å². The zero-order valence-corrected chi connectivity index (χ0v) is 12.0. The molecule has 0 fully saturated rings. The summed E-state index contributed by atoms with van der Waals surface area (Å²) < 4.78 is 5.81. The van der Waals surface area contributed by atoms with Crippen LogP contribution in [0.2, 0.25) is 0 Å². The van der Waals surface area contributed by atoms with E-state index in [1.807, 2.05) is 30.3 Å². The van der Waals surface area contributed by atoms with Crippen LogP contribution in [0.3, 0.4) is 0 Å². The van der Waals surface area contributed by atoms with Gasteiger partial charge in [0.05, 0.1) is 0 Å². The second-order valence-corrected chi connectivity index (χ2v) is 5.26. The topological polar surface area (TPSA) is 9.23 Å². The lowest BCUT2D eigenvalue weighted by molar-refractivity contribution is 0.482. The van der Waals surface area contributed by atoms with Crippen molar-refractivity contribution in [3.63, 3.8) is 0 Å². The highest BCUT2D eigenvalue weighted by molar-refractivity contribution is 7.99. The highest BCUT2D eigenvalue weighted by Crippen LogP contribution is 2.25. The molecule has 1 nitrogen and oxygen atoms in total. The van der Waals surface area contributed by atoms with Gasteiger partial charge in [0, 0.05) is 10.6 Å². The van der Waals surface area contributed by atoms with Gasteiger partial charge in [0.15, 0.2) is 0 Å². The Morgan fingerprint density at radius 3 is 2.11 bits per heavy atom. The zero-order valence-electron chi connectivity index (χ0n) is 11.1. The predicted molar refractivity (Wildman–Crippen MR) is 83.3 cm³/mol. The summed E-state index contributed by atoms with van der Waals surface area (Å²) in [4.78, 5) is 1.23. The van der Waals surface area contributed by atoms with Gasteiger partial charge >= 0.3 is 0 Å². The highest BCUT2D eigenvalue weighted by Gasteiger charge is 1.98. The SMILES string of the molecule is C=CCSc1ccc(Oc2ccc(CC)cc2)cc1. The van der Waals surface area contributed by atoms with Gasteiger partial charge < -0.3 is 4.74 Å². The Hall–Kier alpha value is -1.67. The summed E-state index contributed by atoms with van der Waals surface area (Å²) in [5, 5.41) is 0. The predicted octanol–water partition coefficient (Wildman–Crippen LogP) is 5.32. The van der Waals surface area contributed by atoms with E-state index in [0.717, 1.165) is 23.7 Å². The van der Waals surface area contributed by atoms with E-state index in [2.05, 4.69) is 37.8 Å². The number of benzene rings is 2. The van der Waals surface area contributed by atoms with Crippen molar-refractivity contribution in [1.82, 2.24) is 0 Å². The number of rotatable bonds is 6. The molecule has 98 valence electrons. The van der Waals surface area contributed by atoms with Gasteiger partial charge in [0.1, 0.15) is 11.5 Å². The summed E-state index contributed by atoms with van der Waals surface area (Å²) in [6, 6.07) is 16.4. The van der Waals surface area contributed by atoms with Crippen molar-refractivity contribution in [1.29, 1.82) is 0 Å². The van der Waals surface area contributed by atoms with Crippen molar-refractivity contribution >= 4 is 11.8 Å². The normalized spacial score (nSPS) is 10.2. The van der Waals surface area contributed by atoms with E-state index >= 15 is 0 Å². The van der Waals surface area contributed by atoms with Crippen LogP contribution in [0.15, 0.2) is 66.1 Å². The lowest BCUT2D eigenvalue weighted by Gasteiger charge is -2.07. The number of thioether (sulfide) groups is 1. The van der Waals surface area contributed by atoms with Gasteiger partial charge in [-0.3, -0.25) is 0 Å². The smallest absolute Gasteiger partial charge is 0.127 e.